The van der Waals surface area contributed by atoms with Crippen LogP contribution in [0, 0.1) is 17.5 Å². The molecule has 4 nitrogen and oxygen atoms in total. The largest absolute Gasteiger partial charge is 0.381 e. The summed E-state index contributed by atoms with van der Waals surface area (Å²) in [7, 11) is 0. The minimum Gasteiger partial charge on any atom is -0.381 e. The lowest BCUT2D eigenvalue weighted by atomic mass is 10.2. The van der Waals surface area contributed by atoms with Crippen LogP contribution in [0.1, 0.15) is 12.6 Å². The zero-order valence-electron chi connectivity index (χ0n) is 8.91. The Labute approximate surface area is 94.9 Å². The molecular weight excluding hydrogens is 233 g/mol. The average Bonchev–Trinajstić information content (AvgIpc) is 2.64. The van der Waals surface area contributed by atoms with Gasteiger partial charge in [0, 0.05) is 12.1 Å². The molecule has 0 amide bonds. The van der Waals surface area contributed by atoms with Crippen molar-refractivity contribution < 1.29 is 13.2 Å². The maximum absolute atomic E-state index is 13.5. The molecule has 1 aromatic heterocycles. The van der Waals surface area contributed by atoms with Gasteiger partial charge in [0.05, 0.1) is 5.69 Å². The molecule has 0 bridgehead atoms. The summed E-state index contributed by atoms with van der Waals surface area (Å²) in [4.78, 5) is 0. The first-order chi connectivity index (χ1) is 8.04. The second-order valence-electron chi connectivity index (χ2n) is 3.40. The molecule has 90 valence electrons. The first kappa shape index (κ1) is 11.4. The maximum Gasteiger partial charge on any atom is 0.169 e. The van der Waals surface area contributed by atoms with E-state index in [1.54, 1.807) is 6.92 Å². The third-order valence-electron chi connectivity index (χ3n) is 2.35. The monoisotopic (exact) mass is 242 g/mol. The van der Waals surface area contributed by atoms with Crippen molar-refractivity contribution in [2.24, 2.45) is 0 Å². The number of hydrogen-bond acceptors (Lipinski definition) is 3. The standard InChI is InChI=1S/C10H9F3N4/c1-2-8-10(14)15-16-17(8)9-4-6(12)5(11)3-7(9)13/h3-4H,2,14H2,1H3. The molecule has 0 aliphatic rings. The molecule has 1 heterocycles. The number of nitrogens with two attached hydrogens (primary N) is 1. The topological polar surface area (TPSA) is 56.7 Å². The van der Waals surface area contributed by atoms with Crippen molar-refractivity contribution in [3.63, 3.8) is 0 Å². The molecule has 7 heteroatoms. The van der Waals surface area contributed by atoms with Gasteiger partial charge in [0.1, 0.15) is 5.69 Å². The number of rotatable bonds is 2. The normalized spacial score (nSPS) is 10.8. The van der Waals surface area contributed by atoms with Gasteiger partial charge in [-0.15, -0.1) is 5.10 Å². The molecule has 0 unspecified atom stereocenters. The number of aromatic nitrogens is 3. The average molecular weight is 242 g/mol. The summed E-state index contributed by atoms with van der Waals surface area (Å²) in [6.45, 7) is 1.77. The number of benzene rings is 1. The van der Waals surface area contributed by atoms with Crippen LogP contribution in [0.2, 0.25) is 0 Å². The summed E-state index contributed by atoms with van der Waals surface area (Å²) in [5, 5.41) is 7.17. The second-order valence-corrected chi connectivity index (χ2v) is 3.40. The van der Waals surface area contributed by atoms with E-state index < -0.39 is 17.5 Å². The van der Waals surface area contributed by atoms with Gasteiger partial charge in [-0.05, 0) is 6.42 Å². The van der Waals surface area contributed by atoms with Gasteiger partial charge < -0.3 is 5.73 Å². The summed E-state index contributed by atoms with van der Waals surface area (Å²) in [6, 6.07) is 1.18. The number of nitrogen functional groups attached to an aromatic ring is 1. The fourth-order valence-electron chi connectivity index (χ4n) is 1.51. The van der Waals surface area contributed by atoms with Crippen LogP contribution in [0.15, 0.2) is 12.1 Å². The van der Waals surface area contributed by atoms with Crippen molar-refractivity contribution in [3.8, 4) is 5.69 Å². The summed E-state index contributed by atoms with van der Waals surface area (Å²) in [6.07, 6.45) is 0.442. The minimum atomic E-state index is -1.25. The van der Waals surface area contributed by atoms with Crippen LogP contribution in [0.3, 0.4) is 0 Å². The van der Waals surface area contributed by atoms with Crippen molar-refractivity contribution in [1.82, 2.24) is 15.0 Å². The van der Waals surface area contributed by atoms with Gasteiger partial charge in [0.15, 0.2) is 23.3 Å². The first-order valence-corrected chi connectivity index (χ1v) is 4.89. The van der Waals surface area contributed by atoms with E-state index in [1.807, 2.05) is 0 Å². The molecular formula is C10H9F3N4. The van der Waals surface area contributed by atoms with E-state index >= 15 is 0 Å². The zero-order valence-corrected chi connectivity index (χ0v) is 8.91. The van der Waals surface area contributed by atoms with Crippen molar-refractivity contribution in [3.05, 3.63) is 35.3 Å². The van der Waals surface area contributed by atoms with Crippen molar-refractivity contribution in [2.45, 2.75) is 13.3 Å². The third-order valence-corrected chi connectivity index (χ3v) is 2.35. The Morgan fingerprint density at radius 1 is 1.18 bits per heavy atom. The van der Waals surface area contributed by atoms with E-state index in [1.165, 1.54) is 0 Å². The molecule has 0 aliphatic carbocycles. The van der Waals surface area contributed by atoms with E-state index in [4.69, 9.17) is 5.73 Å². The third kappa shape index (κ3) is 1.83. The van der Waals surface area contributed by atoms with E-state index in [0.29, 0.717) is 18.2 Å². The highest BCUT2D eigenvalue weighted by molar-refractivity contribution is 5.42. The highest BCUT2D eigenvalue weighted by Gasteiger charge is 2.16. The molecule has 0 spiro atoms. The Kier molecular flexibility index (Phi) is 2.74. The van der Waals surface area contributed by atoms with E-state index in [2.05, 4.69) is 10.3 Å². The Morgan fingerprint density at radius 2 is 1.82 bits per heavy atom. The molecule has 2 rings (SSSR count). The van der Waals surface area contributed by atoms with E-state index in [9.17, 15) is 13.2 Å². The summed E-state index contributed by atoms with van der Waals surface area (Å²) in [5.74, 6) is -3.20. The minimum absolute atomic E-state index is 0.136. The van der Waals surface area contributed by atoms with Gasteiger partial charge in [-0.1, -0.05) is 12.1 Å². The van der Waals surface area contributed by atoms with Crippen LogP contribution in [0.5, 0.6) is 0 Å². The summed E-state index contributed by atoms with van der Waals surface area (Å²) in [5.41, 5.74) is 5.74. The zero-order chi connectivity index (χ0) is 12.6. The highest BCUT2D eigenvalue weighted by Crippen LogP contribution is 2.20. The smallest absolute Gasteiger partial charge is 0.169 e. The van der Waals surface area contributed by atoms with Crippen LogP contribution in [-0.4, -0.2) is 15.0 Å². The van der Waals surface area contributed by atoms with Gasteiger partial charge in [0.25, 0.3) is 0 Å². The Bertz CT molecular complexity index is 565. The van der Waals surface area contributed by atoms with Crippen LogP contribution in [-0.2, 0) is 6.42 Å². The predicted octanol–water partition coefficient (Wildman–Crippen LogP) is 1.83. The highest BCUT2D eigenvalue weighted by atomic mass is 19.2. The maximum atomic E-state index is 13.5. The molecule has 0 aliphatic heterocycles. The second kappa shape index (κ2) is 4.08. The van der Waals surface area contributed by atoms with Crippen LogP contribution < -0.4 is 5.73 Å². The van der Waals surface area contributed by atoms with Crippen molar-refractivity contribution in [2.75, 3.05) is 5.73 Å². The molecule has 0 saturated heterocycles. The summed E-state index contributed by atoms with van der Waals surface area (Å²) < 4.78 is 40.4. The molecule has 0 saturated carbocycles. The Morgan fingerprint density at radius 3 is 2.47 bits per heavy atom. The lowest BCUT2D eigenvalue weighted by molar-refractivity contribution is 0.490. The SMILES string of the molecule is CCc1c(N)nnn1-c1cc(F)c(F)cc1F. The quantitative estimate of drug-likeness (QED) is 0.817. The number of anilines is 1. The molecule has 1 aromatic carbocycles. The lowest BCUT2D eigenvalue weighted by Gasteiger charge is -2.06. The van der Waals surface area contributed by atoms with E-state index in [0.717, 1.165) is 10.7 Å². The first-order valence-electron chi connectivity index (χ1n) is 4.89. The van der Waals surface area contributed by atoms with Crippen LogP contribution in [0.25, 0.3) is 5.69 Å². The molecule has 0 fully saturated rings. The van der Waals surface area contributed by atoms with Crippen LogP contribution in [0.4, 0.5) is 19.0 Å². The number of hydrogen-bond donors (Lipinski definition) is 1. The van der Waals surface area contributed by atoms with Gasteiger partial charge >= 0.3 is 0 Å². The number of nitrogens with zero attached hydrogens (tertiary/aromatic N) is 3. The van der Waals surface area contributed by atoms with E-state index in [-0.39, 0.29) is 11.5 Å². The predicted molar refractivity (Wildman–Crippen MR) is 55.0 cm³/mol. The molecule has 2 aromatic rings. The molecule has 0 atom stereocenters. The fourth-order valence-corrected chi connectivity index (χ4v) is 1.51. The van der Waals surface area contributed by atoms with Crippen molar-refractivity contribution >= 4 is 5.82 Å². The van der Waals surface area contributed by atoms with Gasteiger partial charge in [-0.25, -0.2) is 17.9 Å². The Hall–Kier alpha value is -2.05. The number of halogens is 3. The van der Waals surface area contributed by atoms with Gasteiger partial charge in [-0.3, -0.25) is 0 Å². The Balaban J connectivity index is 2.64. The summed E-state index contributed by atoms with van der Waals surface area (Å²) >= 11 is 0. The molecule has 0 radical (unpaired) electrons. The molecule has 17 heavy (non-hydrogen) atoms. The lowest BCUT2D eigenvalue weighted by Crippen LogP contribution is -2.06. The van der Waals surface area contributed by atoms with Gasteiger partial charge in [-0.2, -0.15) is 0 Å². The van der Waals surface area contributed by atoms with Crippen molar-refractivity contribution in [1.29, 1.82) is 0 Å². The van der Waals surface area contributed by atoms with Gasteiger partial charge in [0.2, 0.25) is 0 Å². The van der Waals surface area contributed by atoms with Crippen LogP contribution >= 0.6 is 0 Å². The fraction of sp³-hybridized carbons (Fsp3) is 0.200. The molecule has 2 N–H and O–H groups in total.